The van der Waals surface area contributed by atoms with Crippen molar-refractivity contribution in [2.75, 3.05) is 6.26 Å². The first kappa shape index (κ1) is 14.4. The van der Waals surface area contributed by atoms with Crippen molar-refractivity contribution in [2.24, 2.45) is 0 Å². The molecule has 1 saturated heterocycles. The maximum Gasteiger partial charge on any atom is 0.333 e. The van der Waals surface area contributed by atoms with E-state index in [0.717, 1.165) is 0 Å². The number of carbonyl (C=O) groups excluding carboxylic acids is 3. The summed E-state index contributed by atoms with van der Waals surface area (Å²) in [6.07, 6.45) is 3.11. The predicted molar refractivity (Wildman–Crippen MR) is 67.0 cm³/mol. The van der Waals surface area contributed by atoms with Crippen LogP contribution in [-0.4, -0.2) is 34.4 Å². The second kappa shape index (κ2) is 6.90. The van der Waals surface area contributed by atoms with Crippen LogP contribution in [0.5, 0.6) is 0 Å². The van der Waals surface area contributed by atoms with E-state index >= 15 is 0 Å². The van der Waals surface area contributed by atoms with Gasteiger partial charge in [-0.2, -0.15) is 0 Å². The van der Waals surface area contributed by atoms with Crippen molar-refractivity contribution >= 4 is 39.4 Å². The van der Waals surface area contributed by atoms with Crippen LogP contribution in [0.2, 0.25) is 0 Å². The van der Waals surface area contributed by atoms with Gasteiger partial charge in [0.15, 0.2) is 0 Å². The molecule has 0 aromatic rings. The van der Waals surface area contributed by atoms with E-state index in [-0.39, 0.29) is 19.3 Å². The Morgan fingerprint density at radius 1 is 1.41 bits per heavy atom. The van der Waals surface area contributed by atoms with Gasteiger partial charge in [-0.05, 0) is 12.7 Å². The molecule has 0 aliphatic carbocycles. The molecule has 0 aromatic heterocycles. The quantitative estimate of drug-likeness (QED) is 0.544. The predicted octanol–water partition coefficient (Wildman–Crippen LogP) is 1.77. The number of amides is 2. The molecule has 0 saturated carbocycles. The monoisotopic (exact) mass is 277 g/mol. The minimum atomic E-state index is -0.526. The second-order valence-corrected chi connectivity index (χ2v) is 6.57. The van der Waals surface area contributed by atoms with E-state index in [2.05, 4.69) is 0 Å². The minimum absolute atomic E-state index is 0.130. The number of rotatable bonds is 6. The van der Waals surface area contributed by atoms with Crippen LogP contribution in [0.25, 0.3) is 0 Å². The average Bonchev–Trinajstić information content (AvgIpc) is 2.58. The third-order valence-electron chi connectivity index (χ3n) is 2.21. The zero-order chi connectivity index (χ0) is 12.8. The molecule has 0 bridgehead atoms. The minimum Gasteiger partial charge on any atom is -0.330 e. The van der Waals surface area contributed by atoms with Crippen molar-refractivity contribution < 1.29 is 19.2 Å². The summed E-state index contributed by atoms with van der Waals surface area (Å²) in [4.78, 5) is 38.5. The third kappa shape index (κ3) is 4.59. The molecule has 1 rings (SSSR count). The maximum absolute atomic E-state index is 11.4. The Balaban J connectivity index is 2.29. The van der Waals surface area contributed by atoms with Crippen LogP contribution < -0.4 is 0 Å². The molecule has 1 fully saturated rings. The van der Waals surface area contributed by atoms with Crippen molar-refractivity contribution in [3.8, 4) is 0 Å². The number of carbonyl (C=O) groups is 3. The molecule has 1 aliphatic heterocycles. The smallest absolute Gasteiger partial charge is 0.330 e. The molecule has 0 radical (unpaired) electrons. The lowest BCUT2D eigenvalue weighted by molar-refractivity contribution is -0.197. The molecule has 7 heteroatoms. The zero-order valence-electron chi connectivity index (χ0n) is 9.80. The Morgan fingerprint density at radius 3 is 2.53 bits per heavy atom. The molecule has 0 N–H and O–H groups in total. The average molecular weight is 277 g/mol. The molecule has 0 aromatic carbocycles. The molecule has 1 atom stereocenters. The number of hydroxylamine groups is 2. The molecule has 1 aliphatic rings. The van der Waals surface area contributed by atoms with Gasteiger partial charge in [-0.25, -0.2) is 4.79 Å². The van der Waals surface area contributed by atoms with Gasteiger partial charge in [-0.15, -0.1) is 5.06 Å². The molecule has 17 heavy (non-hydrogen) atoms. The van der Waals surface area contributed by atoms with Gasteiger partial charge in [0.1, 0.15) is 0 Å². The van der Waals surface area contributed by atoms with E-state index in [1.165, 1.54) is 0 Å². The van der Waals surface area contributed by atoms with Crippen LogP contribution in [0.4, 0.5) is 0 Å². The Labute approximate surface area is 108 Å². The lowest BCUT2D eigenvalue weighted by atomic mass is 10.2. The summed E-state index contributed by atoms with van der Waals surface area (Å²) in [6.45, 7) is 2.01. The molecule has 1 heterocycles. The van der Waals surface area contributed by atoms with E-state index < -0.39 is 17.8 Å². The van der Waals surface area contributed by atoms with Crippen molar-refractivity contribution in [2.45, 2.75) is 37.9 Å². The molecule has 2 amide bonds. The Morgan fingerprint density at radius 2 is 2.00 bits per heavy atom. The number of hydrogen-bond acceptors (Lipinski definition) is 6. The molecular weight excluding hydrogens is 262 g/mol. The van der Waals surface area contributed by atoms with E-state index in [1.807, 2.05) is 13.2 Å². The Bertz CT molecular complexity index is 305. The molecule has 96 valence electrons. The van der Waals surface area contributed by atoms with Crippen LogP contribution in [0.15, 0.2) is 0 Å². The number of hydrogen-bond donors (Lipinski definition) is 0. The van der Waals surface area contributed by atoms with Gasteiger partial charge in [0.2, 0.25) is 0 Å². The Kier molecular flexibility index (Phi) is 5.84. The first-order chi connectivity index (χ1) is 8.04. The topological polar surface area (TPSA) is 63.7 Å². The highest BCUT2D eigenvalue weighted by Gasteiger charge is 2.32. The summed E-state index contributed by atoms with van der Waals surface area (Å²) >= 11 is 0. The van der Waals surface area contributed by atoms with Gasteiger partial charge in [0, 0.05) is 24.5 Å². The Hall–Kier alpha value is -0.690. The van der Waals surface area contributed by atoms with Crippen molar-refractivity contribution in [3.63, 3.8) is 0 Å². The summed E-state index contributed by atoms with van der Waals surface area (Å²) in [7, 11) is 3.32. The fourth-order valence-electron chi connectivity index (χ4n) is 1.34. The fraction of sp³-hybridized carbons (Fsp3) is 0.700. The van der Waals surface area contributed by atoms with Crippen molar-refractivity contribution in [3.05, 3.63) is 0 Å². The van der Waals surface area contributed by atoms with Crippen LogP contribution >= 0.6 is 21.6 Å². The number of nitrogens with zero attached hydrogens (tertiary/aromatic N) is 1. The van der Waals surface area contributed by atoms with E-state index in [4.69, 9.17) is 4.84 Å². The van der Waals surface area contributed by atoms with Gasteiger partial charge in [-0.3, -0.25) is 9.59 Å². The first-order valence-electron chi connectivity index (χ1n) is 5.30. The zero-order valence-corrected chi connectivity index (χ0v) is 11.4. The highest BCUT2D eigenvalue weighted by molar-refractivity contribution is 8.76. The van der Waals surface area contributed by atoms with E-state index in [1.54, 1.807) is 21.6 Å². The summed E-state index contributed by atoms with van der Waals surface area (Å²) in [5.41, 5.74) is 0. The highest BCUT2D eigenvalue weighted by Crippen LogP contribution is 2.26. The van der Waals surface area contributed by atoms with Crippen molar-refractivity contribution in [1.29, 1.82) is 0 Å². The SMILES string of the molecule is CSS[C@@H](C)CCC(=O)ON1C(=O)CCC1=O. The maximum atomic E-state index is 11.4. The summed E-state index contributed by atoms with van der Waals surface area (Å²) in [6, 6.07) is 0. The molecule has 5 nitrogen and oxygen atoms in total. The standard InChI is InChI=1S/C10H15NO4S2/c1-7(17-16-2)3-6-10(14)15-11-8(12)4-5-9(11)13/h7H,3-6H2,1-2H3/t7-/m0/s1. The van der Waals surface area contributed by atoms with Crippen LogP contribution in [0.3, 0.4) is 0 Å². The van der Waals surface area contributed by atoms with Crippen LogP contribution in [0.1, 0.15) is 32.6 Å². The summed E-state index contributed by atoms with van der Waals surface area (Å²) in [5.74, 6) is -1.40. The lowest BCUT2D eigenvalue weighted by Gasteiger charge is -2.13. The van der Waals surface area contributed by atoms with Gasteiger partial charge >= 0.3 is 5.97 Å². The van der Waals surface area contributed by atoms with Gasteiger partial charge in [0.05, 0.1) is 0 Å². The third-order valence-corrected chi connectivity index (χ3v) is 4.53. The fourth-order valence-corrected chi connectivity index (χ4v) is 3.16. The molecule has 0 spiro atoms. The van der Waals surface area contributed by atoms with Crippen LogP contribution in [0, 0.1) is 0 Å². The van der Waals surface area contributed by atoms with Crippen molar-refractivity contribution in [1.82, 2.24) is 5.06 Å². The molecular formula is C10H15NO4S2. The number of imide groups is 1. The summed E-state index contributed by atoms with van der Waals surface area (Å²) in [5, 5.41) is 0.928. The first-order valence-corrected chi connectivity index (χ1v) is 7.92. The summed E-state index contributed by atoms with van der Waals surface area (Å²) < 4.78 is 0. The van der Waals surface area contributed by atoms with Crippen LogP contribution in [-0.2, 0) is 19.2 Å². The molecule has 0 unspecified atom stereocenters. The highest BCUT2D eigenvalue weighted by atomic mass is 33.1. The van der Waals surface area contributed by atoms with Gasteiger partial charge in [0.25, 0.3) is 11.8 Å². The lowest BCUT2D eigenvalue weighted by Crippen LogP contribution is -2.32. The van der Waals surface area contributed by atoms with E-state index in [9.17, 15) is 14.4 Å². The van der Waals surface area contributed by atoms with E-state index in [0.29, 0.717) is 16.7 Å². The largest absolute Gasteiger partial charge is 0.333 e. The normalized spacial score (nSPS) is 17.4. The van der Waals surface area contributed by atoms with Gasteiger partial charge < -0.3 is 4.84 Å². The second-order valence-electron chi connectivity index (χ2n) is 3.66. The van der Waals surface area contributed by atoms with Gasteiger partial charge in [-0.1, -0.05) is 28.5 Å².